The molecule has 0 aromatic rings. The molecule has 2 amide bonds. The van der Waals surface area contributed by atoms with Crippen LogP contribution in [-0.2, 0) is 66.5 Å². The van der Waals surface area contributed by atoms with Crippen molar-refractivity contribution >= 4 is 35.7 Å². The maximum absolute atomic E-state index is 14.3. The van der Waals surface area contributed by atoms with Crippen LogP contribution in [0.25, 0.3) is 20.9 Å². The van der Waals surface area contributed by atoms with E-state index in [-0.39, 0.29) is 48.2 Å². The Labute approximate surface area is 600 Å². The normalized spacial score (nSPS) is 40.6. The van der Waals surface area contributed by atoms with E-state index in [4.69, 9.17) is 58.4 Å². The molecule has 6 unspecified atom stereocenters. The fraction of sp³-hybridized carbons (Fsp3) is 0.915. The number of rotatable bonds is 20. The predicted molar refractivity (Wildman–Crippen MR) is 377 cm³/mol. The third-order valence-electron chi connectivity index (χ3n) is 22.5. The molecule has 6 fully saturated rings. The van der Waals surface area contributed by atoms with Gasteiger partial charge in [0.25, 0.3) is 0 Å². The summed E-state index contributed by atoms with van der Waals surface area (Å²) < 4.78 is 62.4. The van der Waals surface area contributed by atoms with Gasteiger partial charge in [0.15, 0.2) is 35.3 Å². The number of carbonyl (C=O) groups excluding carboxylic acids is 6. The Morgan fingerprint density at radius 3 is 1.37 bits per heavy atom. The SMILES string of the molecule is CC[C@H]1OC(=O)[C@H](C)C(=O)[C@H](C)[C@@H](O[C@@H]2OC(C)CC(N(C)C)C2O)[C@](C)(OC)C[C@@H](C)CN(C)[C@H](C)[C@H]2N(CCCCN=[N+]=[N-])C(=O)O[C@]12C.CC[C@H]1OC(=O)[C@H](C)C(=O)[C@H](C)[C@@H](O[C@@H]2OC(C)CC(N(C)C)C2O)[C@](C)(OC)C[C@@H](C)CN[C@H](C)[C@H]2N(CCCCN=[N+]=[N-])C(=O)O[C@]12C. The molecule has 0 aliphatic carbocycles. The van der Waals surface area contributed by atoms with Crippen LogP contribution >= 0.6 is 0 Å². The Kier molecular flexibility index (Phi) is 32.4. The van der Waals surface area contributed by atoms with Gasteiger partial charge in [-0.05, 0) is 198 Å². The van der Waals surface area contributed by atoms with E-state index in [0.717, 1.165) is 0 Å². The average Bonchev–Trinajstić information content (AvgIpc) is 1.62. The molecule has 30 heteroatoms. The molecule has 578 valence electrons. The number of Topliss-reactive ketones (excluding diaryl/α,β-unsaturated/α-hetero) is 2. The van der Waals surface area contributed by atoms with Crippen molar-refractivity contribution in [2.75, 3.05) is 88.7 Å². The number of methoxy groups -OCH3 is 2. The topological polar surface area (TPSA) is 361 Å². The summed E-state index contributed by atoms with van der Waals surface area (Å²) in [6, 6.07) is -2.01. The Morgan fingerprint density at radius 2 is 0.990 bits per heavy atom. The number of aliphatic hydroxyl groups excluding tert-OH is 2. The molecule has 0 saturated carbocycles. The van der Waals surface area contributed by atoms with Crippen LogP contribution in [0.15, 0.2) is 10.2 Å². The lowest BCUT2D eigenvalue weighted by molar-refractivity contribution is -0.295. The largest absolute Gasteiger partial charge is 0.458 e. The number of nitrogens with one attached hydrogen (secondary N) is 1. The number of likely N-dealkylation sites (N-methyl/N-ethyl adjacent to an activating group) is 3. The summed E-state index contributed by atoms with van der Waals surface area (Å²) in [5.74, 6) is -6.31. The summed E-state index contributed by atoms with van der Waals surface area (Å²) in [4.78, 5) is 98.2. The second kappa shape index (κ2) is 37.8. The van der Waals surface area contributed by atoms with Crippen molar-refractivity contribution in [2.24, 2.45) is 45.7 Å². The fourth-order valence-electron chi connectivity index (χ4n) is 16.7. The zero-order valence-corrected chi connectivity index (χ0v) is 64.9. The van der Waals surface area contributed by atoms with Crippen molar-refractivity contribution in [1.82, 2.24) is 29.8 Å². The highest BCUT2D eigenvalue weighted by Gasteiger charge is 2.61. The summed E-state index contributed by atoms with van der Waals surface area (Å²) in [7, 11) is 12.7. The van der Waals surface area contributed by atoms with Crippen LogP contribution in [-0.4, -0.2) is 279 Å². The van der Waals surface area contributed by atoms with Crippen LogP contribution in [0.1, 0.15) is 175 Å². The predicted octanol–water partition coefficient (Wildman–Crippen LogP) is 8.45. The van der Waals surface area contributed by atoms with Crippen molar-refractivity contribution in [3.05, 3.63) is 20.9 Å². The summed E-state index contributed by atoms with van der Waals surface area (Å²) in [5, 5.41) is 33.6. The van der Waals surface area contributed by atoms with Gasteiger partial charge in [-0.3, -0.25) is 29.0 Å². The minimum atomic E-state index is -1.22. The van der Waals surface area contributed by atoms with Crippen LogP contribution < -0.4 is 5.32 Å². The van der Waals surface area contributed by atoms with Gasteiger partial charge in [-0.2, -0.15) is 0 Å². The lowest BCUT2D eigenvalue weighted by atomic mass is 9.78. The second-order valence-electron chi connectivity index (χ2n) is 31.0. The lowest BCUT2D eigenvalue weighted by Crippen LogP contribution is -2.61. The summed E-state index contributed by atoms with van der Waals surface area (Å²) in [6.07, 6.45) is -3.75. The Balaban J connectivity index is 0.000000364. The molecule has 0 bridgehead atoms. The highest BCUT2D eigenvalue weighted by atomic mass is 16.7. The van der Waals surface area contributed by atoms with Gasteiger partial charge in [-0.15, -0.1) is 0 Å². The van der Waals surface area contributed by atoms with Gasteiger partial charge >= 0.3 is 24.1 Å². The second-order valence-corrected chi connectivity index (χ2v) is 31.0. The van der Waals surface area contributed by atoms with E-state index >= 15 is 0 Å². The molecule has 6 heterocycles. The number of esters is 2. The van der Waals surface area contributed by atoms with Gasteiger partial charge in [-0.25, -0.2) is 9.59 Å². The van der Waals surface area contributed by atoms with Crippen LogP contribution in [0.3, 0.4) is 0 Å². The van der Waals surface area contributed by atoms with Gasteiger partial charge in [-0.1, -0.05) is 51.8 Å². The molecule has 26 atom stereocenters. The first kappa shape index (κ1) is 86.6. The van der Waals surface area contributed by atoms with Crippen molar-refractivity contribution in [2.45, 2.75) is 295 Å². The summed E-state index contributed by atoms with van der Waals surface area (Å²) in [6.45, 7) is 32.1. The molecule has 6 rings (SSSR count). The average molecular weight is 1440 g/mol. The molecule has 0 aromatic carbocycles. The monoisotopic (exact) mass is 1430 g/mol. The fourth-order valence-corrected chi connectivity index (χ4v) is 16.7. The Bertz CT molecular complexity index is 2840. The van der Waals surface area contributed by atoms with Crippen molar-refractivity contribution in [1.29, 1.82) is 0 Å². The molecular formula is C71H126N12O18. The first-order chi connectivity index (χ1) is 47.3. The Hall–Kier alpha value is -5.04. The zero-order valence-electron chi connectivity index (χ0n) is 64.9. The van der Waals surface area contributed by atoms with Crippen molar-refractivity contribution in [3.8, 4) is 0 Å². The molecule has 0 radical (unpaired) electrons. The number of ether oxygens (including phenoxy) is 10. The number of nitrogens with zero attached hydrogens (tertiary/aromatic N) is 11. The number of carbonyl (C=O) groups is 6. The van der Waals surface area contributed by atoms with Crippen LogP contribution in [0.5, 0.6) is 0 Å². The lowest BCUT2D eigenvalue weighted by Gasteiger charge is -2.47. The highest BCUT2D eigenvalue weighted by Crippen LogP contribution is 2.44. The van der Waals surface area contributed by atoms with E-state index in [9.17, 15) is 39.0 Å². The minimum absolute atomic E-state index is 0.00502. The minimum Gasteiger partial charge on any atom is -0.458 e. The quantitative estimate of drug-likeness (QED) is 0.0196. The van der Waals surface area contributed by atoms with E-state index in [1.807, 2.05) is 100 Å². The van der Waals surface area contributed by atoms with Gasteiger partial charge in [0.1, 0.15) is 36.3 Å². The van der Waals surface area contributed by atoms with E-state index in [1.54, 1.807) is 51.7 Å². The van der Waals surface area contributed by atoms with E-state index < -0.39 is 143 Å². The summed E-state index contributed by atoms with van der Waals surface area (Å²) >= 11 is 0. The number of fused-ring (bicyclic) bond motifs is 2. The highest BCUT2D eigenvalue weighted by molar-refractivity contribution is 6.00. The number of cyclic esters (lactones) is 2. The first-order valence-corrected chi connectivity index (χ1v) is 36.7. The van der Waals surface area contributed by atoms with E-state index in [0.29, 0.717) is 103 Å². The smallest absolute Gasteiger partial charge is 0.410 e. The van der Waals surface area contributed by atoms with E-state index in [2.05, 4.69) is 44.1 Å². The molecule has 0 aromatic heterocycles. The maximum atomic E-state index is 14.3. The van der Waals surface area contributed by atoms with Gasteiger partial charge < -0.3 is 77.6 Å². The molecule has 6 aliphatic rings. The molecular weight excluding hydrogens is 1310 g/mol. The van der Waals surface area contributed by atoms with Crippen LogP contribution in [0, 0.1) is 35.5 Å². The van der Waals surface area contributed by atoms with Crippen molar-refractivity contribution < 1.29 is 86.3 Å². The molecule has 6 saturated heterocycles. The third kappa shape index (κ3) is 20.5. The van der Waals surface area contributed by atoms with Gasteiger partial charge in [0.2, 0.25) is 0 Å². The van der Waals surface area contributed by atoms with Crippen LogP contribution in [0.2, 0.25) is 0 Å². The number of hydrogen-bond acceptors (Lipinski definition) is 24. The number of amides is 2. The third-order valence-corrected chi connectivity index (χ3v) is 22.5. The van der Waals surface area contributed by atoms with Crippen molar-refractivity contribution in [3.63, 3.8) is 0 Å². The molecule has 6 aliphatic heterocycles. The Morgan fingerprint density at radius 1 is 0.604 bits per heavy atom. The zero-order chi connectivity index (χ0) is 76.0. The summed E-state index contributed by atoms with van der Waals surface area (Å²) in [5.41, 5.74) is 12.8. The maximum Gasteiger partial charge on any atom is 0.410 e. The number of ketones is 2. The molecule has 101 heavy (non-hydrogen) atoms. The van der Waals surface area contributed by atoms with Gasteiger partial charge in [0, 0.05) is 92.8 Å². The number of hydrogen-bond donors (Lipinski definition) is 3. The molecule has 30 nitrogen and oxygen atoms in total. The number of unbranched alkanes of at least 4 members (excludes halogenated alkanes) is 2. The molecule has 3 N–H and O–H groups in total. The van der Waals surface area contributed by atoms with E-state index in [1.165, 1.54) is 13.8 Å². The number of azide groups is 2. The first-order valence-electron chi connectivity index (χ1n) is 36.7. The van der Waals surface area contributed by atoms with Crippen LogP contribution in [0.4, 0.5) is 9.59 Å². The number of aliphatic hydroxyl groups is 2. The van der Waals surface area contributed by atoms with Gasteiger partial charge in [0.05, 0.1) is 47.7 Å². The standard InChI is InChI=1S/C36H64N6O9.C35H62N6O9/c1-13-27-36(8)30(42(34(46)51-36)17-15-14-16-38-39-37)25(6)41(11)20-21(2)19-35(7,47-12)31(23(4)28(43)24(5)32(45)49-27)50-33-29(44)26(40(9)10)18-22(3)48-33;1-12-26-35(8)29(41(33(45)50-35)16-14-13-15-38-39-36)24(6)37-19-20(2)18-34(7,46-11)30(22(4)27(42)23(5)31(44)48-26)49-32-28(43)25(40(9)10)17-21(3)47-32/h21-27,29-31,33,44H,13-20H2,1-12H3;20-26,28-30,32,37,43H,12-19H2,1-11H3/t21-,22?,23+,24-,25-,26?,27-,29?,30-,31-,33+,35-,36-;20-,21?,22+,23-,24-,25?,26-,28?,29-,30-,32+,34-,35-/m11/s1. The molecule has 0 spiro atoms.